The van der Waals surface area contributed by atoms with E-state index < -0.39 is 5.91 Å². The van der Waals surface area contributed by atoms with Crippen LogP contribution in [0.25, 0.3) is 5.57 Å². The zero-order valence-corrected chi connectivity index (χ0v) is 16.2. The van der Waals surface area contributed by atoms with Gasteiger partial charge in [0.25, 0.3) is 11.8 Å². The lowest BCUT2D eigenvalue weighted by atomic mass is 10.1. The number of carbonyl (C=O) groups excluding carboxylic acids is 2. The molecule has 3 aromatic rings. The van der Waals surface area contributed by atoms with Crippen LogP contribution in [0.3, 0.4) is 0 Å². The number of carbonyl (C=O) groups is 2. The molecule has 2 aromatic carbocycles. The Kier molecular flexibility index (Phi) is 4.71. The topological polar surface area (TPSA) is 58.6 Å². The molecule has 0 saturated carbocycles. The van der Waals surface area contributed by atoms with Crippen molar-refractivity contribution in [1.29, 1.82) is 0 Å². The van der Waals surface area contributed by atoms with Gasteiger partial charge in [0, 0.05) is 10.6 Å². The molecule has 1 N–H and O–H groups in total. The van der Waals surface area contributed by atoms with Gasteiger partial charge in [0.2, 0.25) is 0 Å². The minimum Gasteiger partial charge on any atom is -0.495 e. The average Bonchev–Trinajstić information content (AvgIpc) is 3.31. The molecule has 0 spiro atoms. The van der Waals surface area contributed by atoms with E-state index in [-0.39, 0.29) is 11.6 Å². The predicted octanol–water partition coefficient (Wildman–Crippen LogP) is 4.46. The number of hydrogen-bond acceptors (Lipinski definition) is 5. The fourth-order valence-electron chi connectivity index (χ4n) is 3.18. The molecule has 140 valence electrons. The van der Waals surface area contributed by atoms with Gasteiger partial charge in [-0.15, -0.1) is 11.3 Å². The maximum absolute atomic E-state index is 13.3. The van der Waals surface area contributed by atoms with Crippen molar-refractivity contribution in [3.63, 3.8) is 0 Å². The van der Waals surface area contributed by atoms with Crippen LogP contribution >= 0.6 is 11.3 Å². The molecule has 6 heteroatoms. The number of thiophene rings is 1. The first-order valence-electron chi connectivity index (χ1n) is 8.74. The van der Waals surface area contributed by atoms with E-state index in [0.717, 1.165) is 16.1 Å². The molecule has 2 amide bonds. The third kappa shape index (κ3) is 2.97. The SMILES string of the molecule is COc1ccccc1N1C(=O)C(Nc2ccccc2C)=C(c2cccs2)C1=O. The summed E-state index contributed by atoms with van der Waals surface area (Å²) in [5.74, 6) is -0.305. The monoisotopic (exact) mass is 390 g/mol. The van der Waals surface area contributed by atoms with Crippen LogP contribution in [0.2, 0.25) is 0 Å². The Bertz CT molecular complexity index is 1090. The lowest BCUT2D eigenvalue weighted by Gasteiger charge is -2.18. The molecule has 0 fully saturated rings. The smallest absolute Gasteiger partial charge is 0.282 e. The molecule has 0 unspecified atom stereocenters. The maximum atomic E-state index is 13.3. The summed E-state index contributed by atoms with van der Waals surface area (Å²) in [4.78, 5) is 28.6. The molecule has 1 aromatic heterocycles. The van der Waals surface area contributed by atoms with Gasteiger partial charge in [-0.2, -0.15) is 0 Å². The molecule has 1 aliphatic heterocycles. The first-order valence-corrected chi connectivity index (χ1v) is 9.62. The number of nitrogens with one attached hydrogen (secondary N) is 1. The predicted molar refractivity (Wildman–Crippen MR) is 112 cm³/mol. The van der Waals surface area contributed by atoms with Gasteiger partial charge < -0.3 is 10.1 Å². The highest BCUT2D eigenvalue weighted by Gasteiger charge is 2.41. The zero-order valence-electron chi connectivity index (χ0n) is 15.4. The lowest BCUT2D eigenvalue weighted by molar-refractivity contribution is -0.120. The van der Waals surface area contributed by atoms with Crippen LogP contribution in [0.4, 0.5) is 11.4 Å². The minimum atomic E-state index is -0.402. The molecule has 0 saturated heterocycles. The van der Waals surface area contributed by atoms with Gasteiger partial charge in [0.05, 0.1) is 18.4 Å². The molecule has 28 heavy (non-hydrogen) atoms. The molecule has 0 atom stereocenters. The lowest BCUT2D eigenvalue weighted by Crippen LogP contribution is -2.32. The van der Waals surface area contributed by atoms with Gasteiger partial charge in [0.15, 0.2) is 0 Å². The normalized spacial score (nSPS) is 14.0. The van der Waals surface area contributed by atoms with Gasteiger partial charge in [-0.1, -0.05) is 36.4 Å². The van der Waals surface area contributed by atoms with Crippen molar-refractivity contribution < 1.29 is 14.3 Å². The summed E-state index contributed by atoms with van der Waals surface area (Å²) in [6, 6.07) is 18.4. The van der Waals surface area contributed by atoms with E-state index in [9.17, 15) is 9.59 Å². The fraction of sp³-hybridized carbons (Fsp3) is 0.0909. The number of ether oxygens (including phenoxy) is 1. The van der Waals surface area contributed by atoms with Crippen molar-refractivity contribution in [2.45, 2.75) is 6.92 Å². The van der Waals surface area contributed by atoms with Crippen molar-refractivity contribution >= 4 is 40.1 Å². The van der Waals surface area contributed by atoms with Crippen LogP contribution < -0.4 is 15.0 Å². The number of rotatable bonds is 5. The molecule has 5 nitrogen and oxygen atoms in total. The van der Waals surface area contributed by atoms with Gasteiger partial charge in [0.1, 0.15) is 11.4 Å². The largest absolute Gasteiger partial charge is 0.495 e. The van der Waals surface area contributed by atoms with E-state index >= 15 is 0 Å². The van der Waals surface area contributed by atoms with E-state index in [0.29, 0.717) is 17.0 Å². The van der Waals surface area contributed by atoms with Gasteiger partial charge in [-0.05, 0) is 42.1 Å². The summed E-state index contributed by atoms with van der Waals surface area (Å²) < 4.78 is 5.37. The Morgan fingerprint density at radius 2 is 1.68 bits per heavy atom. The molecule has 1 aliphatic rings. The van der Waals surface area contributed by atoms with E-state index in [1.165, 1.54) is 23.3 Å². The Balaban J connectivity index is 1.84. The van der Waals surface area contributed by atoms with Gasteiger partial charge in [-0.3, -0.25) is 9.59 Å². The summed E-state index contributed by atoms with van der Waals surface area (Å²) in [6.45, 7) is 1.95. The van der Waals surface area contributed by atoms with E-state index in [1.807, 2.05) is 48.7 Å². The maximum Gasteiger partial charge on any atom is 0.282 e. The molecular formula is C22H18N2O3S. The summed E-state index contributed by atoms with van der Waals surface area (Å²) in [6.07, 6.45) is 0. The highest BCUT2D eigenvalue weighted by molar-refractivity contribution is 7.11. The molecule has 0 bridgehead atoms. The molecule has 2 heterocycles. The first-order chi connectivity index (χ1) is 13.6. The van der Waals surface area contributed by atoms with Crippen molar-refractivity contribution in [2.75, 3.05) is 17.3 Å². The Morgan fingerprint density at radius 3 is 2.39 bits per heavy atom. The fourth-order valence-corrected chi connectivity index (χ4v) is 3.94. The summed E-state index contributed by atoms with van der Waals surface area (Å²) in [5.41, 5.74) is 2.84. The van der Waals surface area contributed by atoms with Crippen molar-refractivity contribution in [3.8, 4) is 5.75 Å². The number of benzene rings is 2. The van der Waals surface area contributed by atoms with Crippen LogP contribution in [0.5, 0.6) is 5.75 Å². The molecule has 4 rings (SSSR count). The van der Waals surface area contributed by atoms with E-state index in [2.05, 4.69) is 5.32 Å². The number of anilines is 2. The van der Waals surface area contributed by atoms with Crippen LogP contribution in [-0.4, -0.2) is 18.9 Å². The second-order valence-corrected chi connectivity index (χ2v) is 7.23. The second-order valence-electron chi connectivity index (χ2n) is 6.28. The minimum absolute atomic E-state index is 0.271. The van der Waals surface area contributed by atoms with E-state index in [4.69, 9.17) is 4.74 Å². The van der Waals surface area contributed by atoms with Crippen molar-refractivity contribution in [3.05, 3.63) is 82.2 Å². The number of imide groups is 1. The summed E-state index contributed by atoms with van der Waals surface area (Å²) in [5, 5.41) is 5.08. The summed E-state index contributed by atoms with van der Waals surface area (Å²) in [7, 11) is 1.52. The number of nitrogens with zero attached hydrogens (tertiary/aromatic N) is 1. The van der Waals surface area contributed by atoms with Crippen LogP contribution in [0.15, 0.2) is 71.7 Å². The number of para-hydroxylation sites is 3. The molecular weight excluding hydrogens is 372 g/mol. The van der Waals surface area contributed by atoms with Crippen LogP contribution in [0.1, 0.15) is 10.4 Å². The molecule has 0 aliphatic carbocycles. The second kappa shape index (κ2) is 7.32. The number of hydrogen-bond donors (Lipinski definition) is 1. The zero-order chi connectivity index (χ0) is 19.7. The number of methoxy groups -OCH3 is 1. The third-order valence-corrected chi connectivity index (χ3v) is 5.47. The van der Waals surface area contributed by atoms with Crippen LogP contribution in [-0.2, 0) is 9.59 Å². The van der Waals surface area contributed by atoms with E-state index in [1.54, 1.807) is 24.3 Å². The number of aryl methyl sites for hydroxylation is 1. The van der Waals surface area contributed by atoms with Gasteiger partial charge in [-0.25, -0.2) is 4.90 Å². The quantitative estimate of drug-likeness (QED) is 0.654. The summed E-state index contributed by atoms with van der Waals surface area (Å²) >= 11 is 1.42. The Morgan fingerprint density at radius 1 is 0.929 bits per heavy atom. The third-order valence-electron chi connectivity index (χ3n) is 4.58. The first kappa shape index (κ1) is 18.0. The average molecular weight is 390 g/mol. The standard InChI is InChI=1S/C22H18N2O3S/c1-14-8-3-4-9-15(14)23-20-19(18-12-7-13-28-18)21(25)24(22(20)26)16-10-5-6-11-17(16)27-2/h3-13,23H,1-2H3. The van der Waals surface area contributed by atoms with Crippen molar-refractivity contribution in [2.24, 2.45) is 0 Å². The van der Waals surface area contributed by atoms with Gasteiger partial charge >= 0.3 is 0 Å². The highest BCUT2D eigenvalue weighted by atomic mass is 32.1. The van der Waals surface area contributed by atoms with Crippen molar-refractivity contribution in [1.82, 2.24) is 0 Å². The Hall–Kier alpha value is -3.38. The van der Waals surface area contributed by atoms with Crippen LogP contribution in [0, 0.1) is 6.92 Å². The highest BCUT2D eigenvalue weighted by Crippen LogP contribution is 2.38. The number of amides is 2. The molecule has 0 radical (unpaired) electrons. The Labute approximate surface area is 166 Å².